The van der Waals surface area contributed by atoms with Gasteiger partial charge in [0.25, 0.3) is 0 Å². The highest BCUT2D eigenvalue weighted by Crippen LogP contribution is 2.27. The van der Waals surface area contributed by atoms with Crippen LogP contribution in [0.15, 0.2) is 41.8 Å². The van der Waals surface area contributed by atoms with Crippen LogP contribution < -0.4 is 15.5 Å². The number of rotatable bonds is 8. The van der Waals surface area contributed by atoms with Crippen molar-refractivity contribution in [3.05, 3.63) is 46.7 Å². The molecule has 1 aromatic carbocycles. The van der Waals surface area contributed by atoms with Gasteiger partial charge in [-0.05, 0) is 74.7 Å². The van der Waals surface area contributed by atoms with E-state index in [1.54, 1.807) is 0 Å². The van der Waals surface area contributed by atoms with E-state index < -0.39 is 0 Å². The summed E-state index contributed by atoms with van der Waals surface area (Å²) in [6.45, 7) is 4.75. The van der Waals surface area contributed by atoms with Crippen LogP contribution in [0.1, 0.15) is 37.0 Å². The van der Waals surface area contributed by atoms with E-state index in [2.05, 4.69) is 50.1 Å². The average Bonchev–Trinajstić information content (AvgIpc) is 3.50. The third kappa shape index (κ3) is 5.65. The predicted molar refractivity (Wildman–Crippen MR) is 139 cm³/mol. The third-order valence-corrected chi connectivity index (χ3v) is 7.95. The molecule has 3 heterocycles. The molecule has 3 aromatic rings. The summed E-state index contributed by atoms with van der Waals surface area (Å²) in [5.74, 6) is 2.52. The molecule has 6 nitrogen and oxygen atoms in total. The predicted octanol–water partition coefficient (Wildman–Crippen LogP) is 4.59. The van der Waals surface area contributed by atoms with Crippen LogP contribution in [0.5, 0.6) is 0 Å². The monoisotopic (exact) mass is 464 g/mol. The van der Waals surface area contributed by atoms with Crippen molar-refractivity contribution in [2.45, 2.75) is 50.7 Å². The number of benzene rings is 1. The van der Waals surface area contributed by atoms with Crippen molar-refractivity contribution in [3.8, 4) is 0 Å². The Morgan fingerprint density at radius 1 is 1.00 bits per heavy atom. The Kier molecular flexibility index (Phi) is 7.09. The lowest BCUT2D eigenvalue weighted by Gasteiger charge is -2.30. The molecule has 5 rings (SSSR count). The van der Waals surface area contributed by atoms with E-state index in [0.717, 1.165) is 41.7 Å². The number of hydrogen-bond acceptors (Lipinski definition) is 7. The number of hydrogen-bond donors (Lipinski definition) is 2. The second-order valence-corrected chi connectivity index (χ2v) is 10.9. The van der Waals surface area contributed by atoms with Crippen LogP contribution in [0.25, 0.3) is 10.9 Å². The molecule has 33 heavy (non-hydrogen) atoms. The van der Waals surface area contributed by atoms with Crippen LogP contribution >= 0.6 is 11.3 Å². The van der Waals surface area contributed by atoms with Gasteiger partial charge >= 0.3 is 0 Å². The molecule has 176 valence electrons. The van der Waals surface area contributed by atoms with Crippen molar-refractivity contribution >= 4 is 34.0 Å². The van der Waals surface area contributed by atoms with Crippen LogP contribution in [-0.2, 0) is 6.54 Å². The van der Waals surface area contributed by atoms with Gasteiger partial charge in [0.05, 0.1) is 5.52 Å². The molecule has 0 radical (unpaired) electrons. The van der Waals surface area contributed by atoms with Gasteiger partial charge in [0.1, 0.15) is 5.82 Å². The minimum atomic E-state index is 0.451. The van der Waals surface area contributed by atoms with Gasteiger partial charge in [0.15, 0.2) is 0 Å². The van der Waals surface area contributed by atoms with Gasteiger partial charge in [-0.1, -0.05) is 18.2 Å². The van der Waals surface area contributed by atoms with Crippen molar-refractivity contribution in [3.63, 3.8) is 0 Å². The maximum Gasteiger partial charge on any atom is 0.225 e. The molecule has 2 N–H and O–H groups in total. The van der Waals surface area contributed by atoms with Gasteiger partial charge in [0, 0.05) is 49.5 Å². The molecule has 0 amide bonds. The molecule has 0 bridgehead atoms. The maximum absolute atomic E-state index is 4.82. The summed E-state index contributed by atoms with van der Waals surface area (Å²) in [5, 5.41) is 10.8. The minimum Gasteiger partial charge on any atom is -0.362 e. The van der Waals surface area contributed by atoms with E-state index in [1.165, 1.54) is 50.1 Å². The topological polar surface area (TPSA) is 56.3 Å². The lowest BCUT2D eigenvalue weighted by Crippen LogP contribution is -2.39. The van der Waals surface area contributed by atoms with Crippen LogP contribution in [0, 0.1) is 5.92 Å². The van der Waals surface area contributed by atoms with Gasteiger partial charge in [-0.2, -0.15) is 4.98 Å². The smallest absolute Gasteiger partial charge is 0.225 e. The summed E-state index contributed by atoms with van der Waals surface area (Å²) in [5.41, 5.74) is 0.999. The zero-order valence-corrected chi connectivity index (χ0v) is 20.7. The van der Waals surface area contributed by atoms with E-state index in [9.17, 15) is 0 Å². The summed E-state index contributed by atoms with van der Waals surface area (Å²) in [6.07, 6.45) is 6.10. The van der Waals surface area contributed by atoms with Crippen LogP contribution in [0.4, 0.5) is 11.8 Å². The molecule has 0 spiro atoms. The number of para-hydroxylation sites is 1. The molecule has 2 fully saturated rings. The summed E-state index contributed by atoms with van der Waals surface area (Å²) < 4.78 is 0. The average molecular weight is 465 g/mol. The molecule has 1 aliphatic carbocycles. The number of fused-ring (bicyclic) bond motifs is 1. The highest BCUT2D eigenvalue weighted by Gasteiger charge is 2.26. The lowest BCUT2D eigenvalue weighted by molar-refractivity contribution is 0.302. The molecule has 2 aromatic heterocycles. The van der Waals surface area contributed by atoms with Gasteiger partial charge in [-0.15, -0.1) is 11.3 Å². The molecule has 1 saturated heterocycles. The maximum atomic E-state index is 4.82. The molecule has 1 atom stereocenters. The Hall–Kier alpha value is -2.22. The number of aromatic nitrogens is 2. The molecular weight excluding hydrogens is 428 g/mol. The Morgan fingerprint density at radius 3 is 2.61 bits per heavy atom. The number of nitrogens with zero attached hydrogens (tertiary/aromatic N) is 4. The number of thiophene rings is 1. The number of anilines is 2. The van der Waals surface area contributed by atoms with E-state index >= 15 is 0 Å². The summed E-state index contributed by atoms with van der Waals surface area (Å²) in [7, 11) is 4.09. The standard InChI is InChI=1S/C26H36N6S/c1-31(2)25-23-7-3-4-8-24(23)29-26(30-25)28-21-11-9-20(10-12-21)27-16-19-13-14-32(17-19)18-22-6-5-15-33-22/h3-8,15,19-21,27H,9-14,16-18H2,1-2H3,(H,28,29,30). The molecule has 1 saturated carbocycles. The first kappa shape index (κ1) is 22.6. The molecule has 7 heteroatoms. The highest BCUT2D eigenvalue weighted by atomic mass is 32.1. The highest BCUT2D eigenvalue weighted by molar-refractivity contribution is 7.09. The van der Waals surface area contributed by atoms with E-state index in [4.69, 9.17) is 9.97 Å². The third-order valence-electron chi connectivity index (χ3n) is 7.09. The quantitative estimate of drug-likeness (QED) is 0.508. The van der Waals surface area contributed by atoms with Crippen LogP contribution in [0.2, 0.25) is 0 Å². The SMILES string of the molecule is CN(C)c1nc(NC2CCC(NCC3CCN(Cc4cccs4)C3)CC2)nc2ccccc12. The van der Waals surface area contributed by atoms with Crippen molar-refractivity contribution in [1.82, 2.24) is 20.2 Å². The fourth-order valence-electron chi connectivity index (χ4n) is 5.27. The summed E-state index contributed by atoms with van der Waals surface area (Å²) in [4.78, 5) is 15.8. The lowest BCUT2D eigenvalue weighted by atomic mass is 9.91. The Bertz CT molecular complexity index is 1030. The molecular formula is C26H36N6S. The summed E-state index contributed by atoms with van der Waals surface area (Å²) in [6, 6.07) is 13.8. The zero-order valence-electron chi connectivity index (χ0n) is 19.8. The molecule has 1 unspecified atom stereocenters. The van der Waals surface area contributed by atoms with Gasteiger partial charge in [0.2, 0.25) is 5.95 Å². The Labute approximate surface area is 201 Å². The normalized spacial score (nSPS) is 23.8. The largest absolute Gasteiger partial charge is 0.362 e. The molecule has 1 aliphatic heterocycles. The first-order valence-electron chi connectivity index (χ1n) is 12.3. The number of likely N-dealkylation sites (tertiary alicyclic amines) is 1. The first-order chi connectivity index (χ1) is 16.1. The zero-order chi connectivity index (χ0) is 22.6. The fourth-order valence-corrected chi connectivity index (χ4v) is 6.02. The van der Waals surface area contributed by atoms with Crippen molar-refractivity contribution in [2.24, 2.45) is 5.92 Å². The molecule has 2 aliphatic rings. The second-order valence-electron chi connectivity index (χ2n) is 9.85. The van der Waals surface area contributed by atoms with E-state index in [-0.39, 0.29) is 0 Å². The van der Waals surface area contributed by atoms with Crippen LogP contribution in [0.3, 0.4) is 0 Å². The number of nitrogens with one attached hydrogen (secondary N) is 2. The summed E-state index contributed by atoms with van der Waals surface area (Å²) >= 11 is 1.88. The van der Waals surface area contributed by atoms with Crippen molar-refractivity contribution in [2.75, 3.05) is 43.9 Å². The van der Waals surface area contributed by atoms with Gasteiger partial charge < -0.3 is 15.5 Å². The van der Waals surface area contributed by atoms with Crippen molar-refractivity contribution in [1.29, 1.82) is 0 Å². The van der Waals surface area contributed by atoms with Gasteiger partial charge in [-0.25, -0.2) is 4.98 Å². The van der Waals surface area contributed by atoms with E-state index in [1.807, 2.05) is 37.6 Å². The van der Waals surface area contributed by atoms with Crippen LogP contribution in [-0.4, -0.2) is 60.7 Å². The minimum absolute atomic E-state index is 0.451. The Balaban J connectivity index is 1.08. The Morgan fingerprint density at radius 2 is 1.82 bits per heavy atom. The van der Waals surface area contributed by atoms with Gasteiger partial charge in [-0.3, -0.25) is 4.90 Å². The van der Waals surface area contributed by atoms with Crippen molar-refractivity contribution < 1.29 is 0 Å². The first-order valence-corrected chi connectivity index (χ1v) is 13.2. The fraction of sp³-hybridized carbons (Fsp3) is 0.538. The second kappa shape index (κ2) is 10.4. The van der Waals surface area contributed by atoms with E-state index in [0.29, 0.717) is 12.1 Å².